The Morgan fingerprint density at radius 2 is 1.96 bits per heavy atom. The fourth-order valence-corrected chi connectivity index (χ4v) is 4.64. The van der Waals surface area contributed by atoms with Gasteiger partial charge in [0.15, 0.2) is 0 Å². The van der Waals surface area contributed by atoms with Gasteiger partial charge in [0.05, 0.1) is 0 Å². The maximum absolute atomic E-state index is 12.4. The van der Waals surface area contributed by atoms with Gasteiger partial charge in [0.2, 0.25) is 0 Å². The van der Waals surface area contributed by atoms with Crippen molar-refractivity contribution in [2.45, 2.75) is 56.2 Å². The van der Waals surface area contributed by atoms with Crippen molar-refractivity contribution in [3.63, 3.8) is 0 Å². The Bertz CT molecular complexity index is 802. The summed E-state index contributed by atoms with van der Waals surface area (Å²) in [5.74, 6) is -0.190. The van der Waals surface area contributed by atoms with Crippen molar-refractivity contribution in [2.75, 3.05) is 4.72 Å². The van der Waals surface area contributed by atoms with Crippen molar-refractivity contribution >= 4 is 33.0 Å². The number of amides is 1. The third-order valence-corrected chi connectivity index (χ3v) is 6.78. The zero-order valence-electron chi connectivity index (χ0n) is 15.2. The molecule has 0 saturated heterocycles. The van der Waals surface area contributed by atoms with Crippen LogP contribution in [0, 0.1) is 0 Å². The molecule has 0 bridgehead atoms. The Hall–Kier alpha value is -1.86. The summed E-state index contributed by atoms with van der Waals surface area (Å²) in [5.41, 5.74) is 0.818. The lowest BCUT2D eigenvalue weighted by molar-refractivity contribution is 0.0938. The summed E-state index contributed by atoms with van der Waals surface area (Å²) in [6, 6.07) is 9.87. The lowest BCUT2D eigenvalue weighted by Crippen LogP contribution is -2.32. The zero-order valence-corrected chi connectivity index (χ0v) is 16.8. The number of carbonyl (C=O) groups is 1. The number of hydrogen-bond donors (Lipinski definition) is 2. The molecule has 0 fully saturated rings. The number of carbonyl (C=O) groups excluding carboxylic acids is 1. The molecule has 0 saturated carbocycles. The summed E-state index contributed by atoms with van der Waals surface area (Å²) in [6.45, 7) is 4.16. The van der Waals surface area contributed by atoms with E-state index in [1.54, 1.807) is 41.8 Å². The number of rotatable bonds is 10. The fraction of sp³-hybridized carbons (Fsp3) is 0.421. The van der Waals surface area contributed by atoms with E-state index >= 15 is 0 Å². The molecule has 1 unspecified atom stereocenters. The second-order valence-electron chi connectivity index (χ2n) is 6.34. The van der Waals surface area contributed by atoms with E-state index in [0.29, 0.717) is 11.3 Å². The molecular weight excluding hydrogens is 368 g/mol. The summed E-state index contributed by atoms with van der Waals surface area (Å²) >= 11 is 1.15. The normalized spacial score (nSPS) is 12.5. The van der Waals surface area contributed by atoms with Gasteiger partial charge in [-0.1, -0.05) is 44.7 Å². The van der Waals surface area contributed by atoms with Gasteiger partial charge in [0.1, 0.15) is 4.21 Å². The molecule has 0 aliphatic rings. The third kappa shape index (κ3) is 6.14. The van der Waals surface area contributed by atoms with E-state index in [1.807, 2.05) is 6.92 Å². The number of sulfonamides is 1. The van der Waals surface area contributed by atoms with Crippen molar-refractivity contribution in [1.82, 2.24) is 5.32 Å². The van der Waals surface area contributed by atoms with Gasteiger partial charge in [-0.05, 0) is 43.0 Å². The molecule has 26 heavy (non-hydrogen) atoms. The maximum atomic E-state index is 12.4. The Morgan fingerprint density at radius 1 is 1.15 bits per heavy atom. The Balaban J connectivity index is 1.96. The van der Waals surface area contributed by atoms with Gasteiger partial charge in [0.25, 0.3) is 15.9 Å². The highest BCUT2D eigenvalue weighted by Crippen LogP contribution is 2.21. The smallest absolute Gasteiger partial charge is 0.271 e. The zero-order chi connectivity index (χ0) is 19.0. The Kier molecular flexibility index (Phi) is 7.66. The second-order valence-corrected chi connectivity index (χ2v) is 9.20. The molecule has 1 atom stereocenters. The quantitative estimate of drug-likeness (QED) is 0.577. The summed E-state index contributed by atoms with van der Waals surface area (Å²) in [7, 11) is -3.62. The number of thiophene rings is 1. The largest absolute Gasteiger partial charge is 0.350 e. The van der Waals surface area contributed by atoms with Crippen molar-refractivity contribution in [1.29, 1.82) is 0 Å². The van der Waals surface area contributed by atoms with Crippen molar-refractivity contribution in [3.05, 3.63) is 47.3 Å². The third-order valence-electron chi connectivity index (χ3n) is 4.01. The molecule has 1 amide bonds. The molecule has 0 aliphatic carbocycles. The van der Waals surface area contributed by atoms with Gasteiger partial charge < -0.3 is 5.32 Å². The standard InChI is InChI=1S/C19H26N2O3S2/c1-3-4-5-6-9-15(2)20-19(22)16-10-7-11-17(14-16)21-26(23,24)18-12-8-13-25-18/h7-8,10-15,21H,3-6,9H2,1-2H3,(H,20,22). The summed E-state index contributed by atoms with van der Waals surface area (Å²) < 4.78 is 27.3. The molecule has 7 heteroatoms. The fourth-order valence-electron chi connectivity index (χ4n) is 2.60. The summed E-state index contributed by atoms with van der Waals surface area (Å²) in [5, 5.41) is 4.69. The van der Waals surface area contributed by atoms with Crippen LogP contribution in [0.1, 0.15) is 56.3 Å². The molecule has 2 N–H and O–H groups in total. The van der Waals surface area contributed by atoms with Crippen LogP contribution in [0.3, 0.4) is 0 Å². The molecule has 2 aromatic rings. The first-order chi connectivity index (χ1) is 12.4. The van der Waals surface area contributed by atoms with E-state index in [4.69, 9.17) is 0 Å². The number of benzene rings is 1. The molecule has 1 aromatic carbocycles. The number of unbranched alkanes of at least 4 members (excludes halogenated alkanes) is 3. The molecule has 142 valence electrons. The first-order valence-corrected chi connectivity index (χ1v) is 11.3. The van der Waals surface area contributed by atoms with Gasteiger partial charge in [-0.25, -0.2) is 8.42 Å². The summed E-state index contributed by atoms with van der Waals surface area (Å²) in [6.07, 6.45) is 5.62. The predicted octanol–water partition coefficient (Wildman–Crippen LogP) is 4.64. The van der Waals surface area contributed by atoms with Crippen LogP contribution in [-0.2, 0) is 10.0 Å². The average Bonchev–Trinajstić information content (AvgIpc) is 3.14. The van der Waals surface area contributed by atoms with Gasteiger partial charge in [-0.2, -0.15) is 0 Å². The van der Waals surface area contributed by atoms with Crippen LogP contribution in [0.25, 0.3) is 0 Å². The molecular formula is C19H26N2O3S2. The molecule has 2 rings (SSSR count). The van der Waals surface area contributed by atoms with Crippen molar-refractivity contribution in [2.24, 2.45) is 0 Å². The lowest BCUT2D eigenvalue weighted by Gasteiger charge is -2.14. The molecule has 0 radical (unpaired) electrons. The predicted molar refractivity (Wildman–Crippen MR) is 107 cm³/mol. The van der Waals surface area contributed by atoms with Crippen LogP contribution in [0.5, 0.6) is 0 Å². The van der Waals surface area contributed by atoms with E-state index in [1.165, 1.54) is 19.3 Å². The van der Waals surface area contributed by atoms with Crippen LogP contribution in [0.4, 0.5) is 5.69 Å². The van der Waals surface area contributed by atoms with Gasteiger partial charge in [-0.3, -0.25) is 9.52 Å². The topological polar surface area (TPSA) is 75.3 Å². The number of anilines is 1. The Labute approximate surface area is 159 Å². The number of hydrogen-bond acceptors (Lipinski definition) is 4. The van der Waals surface area contributed by atoms with Crippen LogP contribution in [0.15, 0.2) is 46.0 Å². The van der Waals surface area contributed by atoms with E-state index in [9.17, 15) is 13.2 Å². The lowest BCUT2D eigenvalue weighted by atomic mass is 10.1. The molecule has 1 aromatic heterocycles. The summed E-state index contributed by atoms with van der Waals surface area (Å²) in [4.78, 5) is 12.4. The van der Waals surface area contributed by atoms with Gasteiger partial charge >= 0.3 is 0 Å². The monoisotopic (exact) mass is 394 g/mol. The SMILES string of the molecule is CCCCCCC(C)NC(=O)c1cccc(NS(=O)(=O)c2cccs2)c1. The molecule has 0 spiro atoms. The van der Waals surface area contributed by atoms with Crippen molar-refractivity contribution in [3.8, 4) is 0 Å². The van der Waals surface area contributed by atoms with Gasteiger partial charge in [-0.15, -0.1) is 11.3 Å². The minimum atomic E-state index is -3.62. The maximum Gasteiger partial charge on any atom is 0.271 e. The highest BCUT2D eigenvalue weighted by molar-refractivity contribution is 7.94. The first-order valence-electron chi connectivity index (χ1n) is 8.89. The Morgan fingerprint density at radius 3 is 2.65 bits per heavy atom. The van der Waals surface area contributed by atoms with E-state index < -0.39 is 10.0 Å². The van der Waals surface area contributed by atoms with Crippen molar-refractivity contribution < 1.29 is 13.2 Å². The van der Waals surface area contributed by atoms with Gasteiger partial charge in [0, 0.05) is 17.3 Å². The van der Waals surface area contributed by atoms with E-state index in [-0.39, 0.29) is 16.2 Å². The molecule has 0 aliphatic heterocycles. The minimum Gasteiger partial charge on any atom is -0.350 e. The highest BCUT2D eigenvalue weighted by Gasteiger charge is 2.16. The van der Waals surface area contributed by atoms with Crippen LogP contribution < -0.4 is 10.0 Å². The van der Waals surface area contributed by atoms with E-state index in [2.05, 4.69) is 17.0 Å². The minimum absolute atomic E-state index is 0.0887. The van der Waals surface area contributed by atoms with Crippen LogP contribution in [0.2, 0.25) is 0 Å². The average molecular weight is 395 g/mol. The first kappa shape index (κ1) is 20.5. The highest BCUT2D eigenvalue weighted by atomic mass is 32.2. The molecule has 1 heterocycles. The van der Waals surface area contributed by atoms with Crippen LogP contribution >= 0.6 is 11.3 Å². The molecule has 5 nitrogen and oxygen atoms in total. The van der Waals surface area contributed by atoms with E-state index in [0.717, 1.165) is 24.2 Å². The van der Waals surface area contributed by atoms with Crippen LogP contribution in [-0.4, -0.2) is 20.4 Å². The number of nitrogens with one attached hydrogen (secondary N) is 2. The second kappa shape index (κ2) is 9.73.